The molecule has 0 unspecified atom stereocenters. The van der Waals surface area contributed by atoms with Crippen LogP contribution in [0.3, 0.4) is 0 Å². The minimum atomic E-state index is -0.114. The number of aromatic nitrogens is 2. The Balaban J connectivity index is 1.36. The maximum atomic E-state index is 13.2. The number of ether oxygens (including phenoxy) is 2. The maximum Gasteiger partial charge on any atom is 0.254 e. The number of benzene rings is 2. The number of hydrogen-bond donors (Lipinski definition) is 0. The van der Waals surface area contributed by atoms with Crippen molar-refractivity contribution in [2.45, 2.75) is 26.3 Å². The molecule has 3 aromatic rings. The largest absolute Gasteiger partial charge is 0.493 e. The predicted octanol–water partition coefficient (Wildman–Crippen LogP) is 3.75. The van der Waals surface area contributed by atoms with Gasteiger partial charge in [0.1, 0.15) is 6.54 Å². The highest BCUT2D eigenvalue weighted by Crippen LogP contribution is 2.31. The topological polar surface area (TPSA) is 88.1 Å². The summed E-state index contributed by atoms with van der Waals surface area (Å²) in [5, 5.41) is 8.85. The number of anilines is 1. The molecule has 0 N–H and O–H groups in total. The van der Waals surface area contributed by atoms with Crippen LogP contribution in [0.15, 0.2) is 60.7 Å². The number of methoxy groups -OCH3 is 2. The van der Waals surface area contributed by atoms with E-state index in [9.17, 15) is 9.59 Å². The van der Waals surface area contributed by atoms with Gasteiger partial charge in [-0.1, -0.05) is 25.1 Å². The highest BCUT2D eigenvalue weighted by atomic mass is 16.5. The van der Waals surface area contributed by atoms with E-state index in [-0.39, 0.29) is 24.4 Å². The third kappa shape index (κ3) is 6.04. The minimum Gasteiger partial charge on any atom is -0.493 e. The van der Waals surface area contributed by atoms with Crippen LogP contribution in [0, 0.1) is 0 Å². The Morgan fingerprint density at radius 2 is 1.63 bits per heavy atom. The minimum absolute atomic E-state index is 0.0348. The second-order valence-electron chi connectivity index (χ2n) is 9.27. The second-order valence-corrected chi connectivity index (χ2v) is 9.27. The molecule has 2 aromatic carbocycles. The lowest BCUT2D eigenvalue weighted by atomic mass is 10.1. The summed E-state index contributed by atoms with van der Waals surface area (Å²) in [5.41, 5.74) is 2.21. The number of carbonyl (C=O) groups is 2. The third-order valence-electron chi connectivity index (χ3n) is 7.00. The molecule has 1 fully saturated rings. The Morgan fingerprint density at radius 3 is 2.24 bits per heavy atom. The summed E-state index contributed by atoms with van der Waals surface area (Å²) in [4.78, 5) is 31.9. The lowest BCUT2D eigenvalue weighted by molar-refractivity contribution is -0.132. The van der Waals surface area contributed by atoms with Crippen molar-refractivity contribution in [3.63, 3.8) is 0 Å². The normalized spacial score (nSPS) is 14.1. The van der Waals surface area contributed by atoms with E-state index in [2.05, 4.69) is 15.1 Å². The van der Waals surface area contributed by atoms with Gasteiger partial charge in [0.2, 0.25) is 5.91 Å². The smallest absolute Gasteiger partial charge is 0.254 e. The van der Waals surface area contributed by atoms with Crippen LogP contribution in [0.2, 0.25) is 0 Å². The molecule has 4 rings (SSSR count). The highest BCUT2D eigenvalue weighted by Gasteiger charge is 2.28. The molecule has 0 aliphatic carbocycles. The lowest BCUT2D eigenvalue weighted by Gasteiger charge is -2.37. The van der Waals surface area contributed by atoms with Crippen molar-refractivity contribution in [2.75, 3.05) is 51.8 Å². The summed E-state index contributed by atoms with van der Waals surface area (Å²) in [7, 11) is 3.20. The van der Waals surface area contributed by atoms with Crippen LogP contribution in [0.1, 0.15) is 30.6 Å². The SMILES string of the molecule is CC[C@@H](C)N(CC(=O)N1CCN(c2ccc(-c3ccc(OC)c(OC)c3)nn2)CC1)C(=O)c1ccccc1. The number of hydrogen-bond acceptors (Lipinski definition) is 7. The zero-order valence-electron chi connectivity index (χ0n) is 22.5. The molecule has 200 valence electrons. The van der Waals surface area contributed by atoms with Gasteiger partial charge in [0, 0.05) is 43.3 Å². The van der Waals surface area contributed by atoms with Crippen molar-refractivity contribution < 1.29 is 19.1 Å². The predicted molar refractivity (Wildman–Crippen MR) is 147 cm³/mol. The summed E-state index contributed by atoms with van der Waals surface area (Å²) in [6.07, 6.45) is 0.775. The molecule has 38 heavy (non-hydrogen) atoms. The monoisotopic (exact) mass is 517 g/mol. The van der Waals surface area contributed by atoms with Crippen molar-refractivity contribution in [1.29, 1.82) is 0 Å². The van der Waals surface area contributed by atoms with Gasteiger partial charge in [0.25, 0.3) is 5.91 Å². The van der Waals surface area contributed by atoms with Gasteiger partial charge in [-0.3, -0.25) is 9.59 Å². The Kier molecular flexibility index (Phi) is 8.78. The first-order valence-corrected chi connectivity index (χ1v) is 12.9. The van der Waals surface area contributed by atoms with Crippen molar-refractivity contribution in [2.24, 2.45) is 0 Å². The van der Waals surface area contributed by atoms with Gasteiger partial charge in [-0.2, -0.15) is 0 Å². The molecular weight excluding hydrogens is 482 g/mol. The van der Waals surface area contributed by atoms with Gasteiger partial charge in [0.15, 0.2) is 17.3 Å². The second kappa shape index (κ2) is 12.4. The average Bonchev–Trinajstić information content (AvgIpc) is 2.99. The Hall–Kier alpha value is -4.14. The summed E-state index contributed by atoms with van der Waals surface area (Å²) < 4.78 is 10.7. The van der Waals surface area contributed by atoms with E-state index < -0.39 is 0 Å². The molecule has 0 spiro atoms. The first-order valence-electron chi connectivity index (χ1n) is 12.9. The van der Waals surface area contributed by atoms with Crippen molar-refractivity contribution in [1.82, 2.24) is 20.0 Å². The molecule has 0 saturated carbocycles. The fraction of sp³-hybridized carbons (Fsp3) is 0.379. The van der Waals surface area contributed by atoms with Crippen LogP contribution in [-0.2, 0) is 4.79 Å². The highest BCUT2D eigenvalue weighted by molar-refractivity contribution is 5.96. The van der Waals surface area contributed by atoms with Crippen LogP contribution in [0.4, 0.5) is 5.82 Å². The zero-order chi connectivity index (χ0) is 27.1. The number of amides is 2. The Morgan fingerprint density at radius 1 is 0.921 bits per heavy atom. The molecule has 1 aliphatic heterocycles. The number of piperazine rings is 1. The first-order chi connectivity index (χ1) is 18.4. The van der Waals surface area contributed by atoms with E-state index in [0.717, 1.165) is 23.5 Å². The van der Waals surface area contributed by atoms with E-state index in [4.69, 9.17) is 9.47 Å². The molecule has 1 saturated heterocycles. The fourth-order valence-corrected chi connectivity index (χ4v) is 4.47. The summed E-state index contributed by atoms with van der Waals surface area (Å²) in [6.45, 7) is 6.49. The number of carbonyl (C=O) groups excluding carboxylic acids is 2. The van der Waals surface area contributed by atoms with E-state index in [0.29, 0.717) is 43.2 Å². The quantitative estimate of drug-likeness (QED) is 0.427. The molecule has 0 radical (unpaired) electrons. The zero-order valence-corrected chi connectivity index (χ0v) is 22.5. The van der Waals surface area contributed by atoms with Gasteiger partial charge in [0.05, 0.1) is 19.9 Å². The summed E-state index contributed by atoms with van der Waals surface area (Å²) in [6, 6.07) is 18.6. The van der Waals surface area contributed by atoms with Gasteiger partial charge in [-0.05, 0) is 55.8 Å². The van der Waals surface area contributed by atoms with Gasteiger partial charge in [-0.25, -0.2) is 0 Å². The van der Waals surface area contributed by atoms with Crippen molar-refractivity contribution in [3.8, 4) is 22.8 Å². The fourth-order valence-electron chi connectivity index (χ4n) is 4.47. The average molecular weight is 518 g/mol. The number of nitrogens with zero attached hydrogens (tertiary/aromatic N) is 5. The molecule has 9 nitrogen and oxygen atoms in total. The molecular formula is C29H35N5O4. The molecule has 2 amide bonds. The standard InChI is InChI=1S/C29H35N5O4/c1-5-21(2)34(29(36)22-9-7-6-8-10-22)20-28(35)33-17-15-32(16-18-33)27-14-12-24(30-31-27)23-11-13-25(37-3)26(19-23)38-4/h6-14,19,21H,5,15-18,20H2,1-4H3/t21-/m1/s1. The maximum absolute atomic E-state index is 13.2. The van der Waals surface area contributed by atoms with Crippen LogP contribution < -0.4 is 14.4 Å². The van der Waals surface area contributed by atoms with Crippen molar-refractivity contribution >= 4 is 17.6 Å². The summed E-state index contributed by atoms with van der Waals surface area (Å²) in [5.74, 6) is 1.90. The molecule has 1 aliphatic rings. The molecule has 1 aromatic heterocycles. The Labute approximate surface area is 224 Å². The first kappa shape index (κ1) is 26.9. The molecule has 1 atom stereocenters. The molecule has 0 bridgehead atoms. The summed E-state index contributed by atoms with van der Waals surface area (Å²) >= 11 is 0. The molecule has 2 heterocycles. The van der Waals surface area contributed by atoms with Crippen LogP contribution in [0.25, 0.3) is 11.3 Å². The van der Waals surface area contributed by atoms with Crippen LogP contribution in [-0.4, -0.2) is 84.8 Å². The van der Waals surface area contributed by atoms with E-state index in [1.54, 1.807) is 31.3 Å². The van der Waals surface area contributed by atoms with Crippen LogP contribution >= 0.6 is 0 Å². The van der Waals surface area contributed by atoms with Gasteiger partial charge in [-0.15, -0.1) is 10.2 Å². The van der Waals surface area contributed by atoms with Gasteiger partial charge >= 0.3 is 0 Å². The Bertz CT molecular complexity index is 1230. The number of rotatable bonds is 9. The van der Waals surface area contributed by atoms with Crippen LogP contribution in [0.5, 0.6) is 11.5 Å². The van der Waals surface area contributed by atoms with E-state index in [1.165, 1.54) is 0 Å². The third-order valence-corrected chi connectivity index (χ3v) is 7.00. The van der Waals surface area contributed by atoms with E-state index in [1.807, 2.05) is 67.3 Å². The van der Waals surface area contributed by atoms with Gasteiger partial charge < -0.3 is 24.2 Å². The van der Waals surface area contributed by atoms with E-state index >= 15 is 0 Å². The van der Waals surface area contributed by atoms with Crippen molar-refractivity contribution in [3.05, 3.63) is 66.2 Å². The molecule has 9 heteroatoms. The lowest BCUT2D eigenvalue weighted by Crippen LogP contribution is -2.53.